The van der Waals surface area contributed by atoms with Gasteiger partial charge in [-0.15, -0.1) is 0 Å². The highest BCUT2D eigenvalue weighted by molar-refractivity contribution is 5.54. The van der Waals surface area contributed by atoms with Crippen LogP contribution in [0.15, 0.2) is 47.2 Å². The lowest BCUT2D eigenvalue weighted by molar-refractivity contribution is -0.191. The summed E-state index contributed by atoms with van der Waals surface area (Å²) in [6, 6.07) is 8.61. The summed E-state index contributed by atoms with van der Waals surface area (Å²) in [7, 11) is 0. The van der Waals surface area contributed by atoms with Gasteiger partial charge in [-0.05, 0) is 6.42 Å². The smallest absolute Gasteiger partial charge is 0.354 e. The van der Waals surface area contributed by atoms with Gasteiger partial charge in [0.15, 0.2) is 5.41 Å². The zero-order chi connectivity index (χ0) is 19.1. The Kier molecular flexibility index (Phi) is 4.05. The highest BCUT2D eigenvalue weighted by Crippen LogP contribution is 2.48. The Bertz CT molecular complexity index is 929. The van der Waals surface area contributed by atoms with Crippen LogP contribution in [0.3, 0.4) is 0 Å². The van der Waals surface area contributed by atoms with E-state index in [1.807, 2.05) is 0 Å². The molecule has 10 heteroatoms. The molecule has 1 aliphatic heterocycles. The van der Waals surface area contributed by atoms with Crippen LogP contribution in [-0.2, 0) is 5.41 Å². The van der Waals surface area contributed by atoms with E-state index in [1.54, 1.807) is 30.3 Å². The normalized spacial score (nSPS) is 20.2. The Labute approximate surface area is 150 Å². The van der Waals surface area contributed by atoms with Gasteiger partial charge in [0.1, 0.15) is 5.82 Å². The van der Waals surface area contributed by atoms with Crippen molar-refractivity contribution in [2.24, 2.45) is 0 Å². The second-order valence-electron chi connectivity index (χ2n) is 6.24. The van der Waals surface area contributed by atoms with Gasteiger partial charge in [0, 0.05) is 18.7 Å². The van der Waals surface area contributed by atoms with Crippen molar-refractivity contribution < 1.29 is 22.1 Å². The molecule has 0 saturated carbocycles. The van der Waals surface area contributed by atoms with Crippen LogP contribution in [0.25, 0.3) is 11.4 Å². The van der Waals surface area contributed by atoms with E-state index < -0.39 is 30.0 Å². The standard InChI is InChI=1S/C17H13F4N5O/c18-12-8-23-13(9-22-12)26-7-6-16(10-26,17(19,20)21)15-24-14(25-27-15)11-4-2-1-3-5-11/h1-5,8-9H,6-7,10H2. The first-order chi connectivity index (χ1) is 12.9. The van der Waals surface area contributed by atoms with Crippen LogP contribution < -0.4 is 4.90 Å². The zero-order valence-corrected chi connectivity index (χ0v) is 13.8. The fourth-order valence-corrected chi connectivity index (χ4v) is 3.12. The lowest BCUT2D eigenvalue weighted by Crippen LogP contribution is -2.45. The van der Waals surface area contributed by atoms with Gasteiger partial charge in [-0.3, -0.25) is 0 Å². The molecule has 140 valence electrons. The quantitative estimate of drug-likeness (QED) is 0.650. The maximum Gasteiger partial charge on any atom is 0.405 e. The van der Waals surface area contributed by atoms with Crippen molar-refractivity contribution in [1.29, 1.82) is 0 Å². The van der Waals surface area contributed by atoms with Gasteiger partial charge in [-0.2, -0.15) is 22.5 Å². The number of halogens is 4. The summed E-state index contributed by atoms with van der Waals surface area (Å²) in [5.74, 6) is -1.05. The van der Waals surface area contributed by atoms with Crippen LogP contribution >= 0.6 is 0 Å². The van der Waals surface area contributed by atoms with Crippen LogP contribution in [0.2, 0.25) is 0 Å². The molecular weight excluding hydrogens is 366 g/mol. The summed E-state index contributed by atoms with van der Waals surface area (Å²) in [4.78, 5) is 12.7. The Balaban J connectivity index is 1.69. The van der Waals surface area contributed by atoms with Crippen LogP contribution in [0.4, 0.5) is 23.4 Å². The minimum Gasteiger partial charge on any atom is -0.354 e. The molecule has 0 radical (unpaired) electrons. The molecule has 2 aromatic heterocycles. The average Bonchev–Trinajstić information content (AvgIpc) is 3.31. The molecule has 27 heavy (non-hydrogen) atoms. The second-order valence-corrected chi connectivity index (χ2v) is 6.24. The topological polar surface area (TPSA) is 67.9 Å². The Morgan fingerprint density at radius 2 is 1.85 bits per heavy atom. The van der Waals surface area contributed by atoms with Gasteiger partial charge < -0.3 is 9.42 Å². The highest BCUT2D eigenvalue weighted by atomic mass is 19.4. The number of alkyl halides is 3. The molecule has 1 fully saturated rings. The fraction of sp³-hybridized carbons (Fsp3) is 0.294. The maximum absolute atomic E-state index is 14.0. The van der Waals surface area contributed by atoms with Gasteiger partial charge in [0.25, 0.3) is 0 Å². The number of anilines is 1. The predicted octanol–water partition coefficient (Wildman–Crippen LogP) is 3.38. The molecule has 3 heterocycles. The molecule has 4 rings (SSSR count). The van der Waals surface area contributed by atoms with E-state index in [0.717, 1.165) is 12.4 Å². The van der Waals surface area contributed by atoms with E-state index in [9.17, 15) is 17.6 Å². The minimum atomic E-state index is -4.62. The molecule has 1 saturated heterocycles. The van der Waals surface area contributed by atoms with Crippen molar-refractivity contribution in [2.45, 2.75) is 18.0 Å². The van der Waals surface area contributed by atoms with Crippen molar-refractivity contribution in [1.82, 2.24) is 20.1 Å². The van der Waals surface area contributed by atoms with Crippen molar-refractivity contribution in [2.75, 3.05) is 18.0 Å². The molecule has 1 unspecified atom stereocenters. The average molecular weight is 379 g/mol. The van der Waals surface area contributed by atoms with Crippen LogP contribution in [-0.4, -0.2) is 39.4 Å². The summed E-state index contributed by atoms with van der Waals surface area (Å²) >= 11 is 0. The molecular formula is C17H13F4N5O. The molecule has 1 aliphatic rings. The van der Waals surface area contributed by atoms with Crippen LogP contribution in [0.5, 0.6) is 0 Å². The Morgan fingerprint density at radius 1 is 1.07 bits per heavy atom. The van der Waals surface area contributed by atoms with Crippen molar-refractivity contribution in [3.05, 3.63) is 54.6 Å². The van der Waals surface area contributed by atoms with Gasteiger partial charge in [0.2, 0.25) is 17.7 Å². The van der Waals surface area contributed by atoms with Crippen LogP contribution in [0.1, 0.15) is 12.3 Å². The summed E-state index contributed by atoms with van der Waals surface area (Å²) in [5.41, 5.74) is -1.77. The van der Waals surface area contributed by atoms with Crippen LogP contribution in [0, 0.1) is 5.95 Å². The summed E-state index contributed by atoms with van der Waals surface area (Å²) < 4.78 is 60.0. The van der Waals surface area contributed by atoms with Crippen molar-refractivity contribution in [3.63, 3.8) is 0 Å². The predicted molar refractivity (Wildman–Crippen MR) is 86.3 cm³/mol. The number of rotatable bonds is 3. The zero-order valence-electron chi connectivity index (χ0n) is 13.8. The van der Waals surface area contributed by atoms with E-state index in [-0.39, 0.29) is 24.6 Å². The van der Waals surface area contributed by atoms with E-state index in [4.69, 9.17) is 4.52 Å². The molecule has 1 atom stereocenters. The number of benzene rings is 1. The first-order valence-corrected chi connectivity index (χ1v) is 8.08. The summed E-state index contributed by atoms with van der Waals surface area (Å²) in [6.07, 6.45) is -2.93. The first kappa shape index (κ1) is 17.4. The largest absolute Gasteiger partial charge is 0.405 e. The highest BCUT2D eigenvalue weighted by Gasteiger charge is 2.63. The van der Waals surface area contributed by atoms with E-state index in [1.165, 1.54) is 4.90 Å². The minimum absolute atomic E-state index is 0.0445. The van der Waals surface area contributed by atoms with Crippen molar-refractivity contribution in [3.8, 4) is 11.4 Å². The number of hydrogen-bond donors (Lipinski definition) is 0. The molecule has 0 N–H and O–H groups in total. The third kappa shape index (κ3) is 3.00. The van der Waals surface area contributed by atoms with Crippen molar-refractivity contribution >= 4 is 5.82 Å². The number of nitrogens with zero attached hydrogens (tertiary/aromatic N) is 5. The molecule has 0 spiro atoms. The van der Waals surface area contributed by atoms with Gasteiger partial charge in [0.05, 0.1) is 12.4 Å². The summed E-state index contributed by atoms with van der Waals surface area (Å²) in [6.45, 7) is -0.421. The third-order valence-electron chi connectivity index (χ3n) is 4.61. The molecule has 6 nitrogen and oxygen atoms in total. The third-order valence-corrected chi connectivity index (χ3v) is 4.61. The monoisotopic (exact) mass is 379 g/mol. The van der Waals surface area contributed by atoms with E-state index >= 15 is 0 Å². The first-order valence-electron chi connectivity index (χ1n) is 8.08. The molecule has 0 aliphatic carbocycles. The lowest BCUT2D eigenvalue weighted by Gasteiger charge is -2.28. The Hall–Kier alpha value is -3.04. The molecule has 0 bridgehead atoms. The van der Waals surface area contributed by atoms with E-state index in [2.05, 4.69) is 20.1 Å². The van der Waals surface area contributed by atoms with Gasteiger partial charge >= 0.3 is 6.18 Å². The molecule has 0 amide bonds. The SMILES string of the molecule is Fc1cnc(N2CCC(c3nc(-c4ccccc4)no3)(C(F)(F)F)C2)cn1. The molecule has 1 aromatic carbocycles. The Morgan fingerprint density at radius 3 is 2.52 bits per heavy atom. The maximum atomic E-state index is 14.0. The second kappa shape index (κ2) is 6.29. The summed E-state index contributed by atoms with van der Waals surface area (Å²) in [5, 5.41) is 3.72. The lowest BCUT2D eigenvalue weighted by atomic mass is 9.86. The molecule has 3 aromatic rings. The van der Waals surface area contributed by atoms with E-state index in [0.29, 0.717) is 5.56 Å². The number of hydrogen-bond acceptors (Lipinski definition) is 6. The van der Waals surface area contributed by atoms with Gasteiger partial charge in [-0.1, -0.05) is 35.5 Å². The fourth-order valence-electron chi connectivity index (χ4n) is 3.12. The number of aromatic nitrogens is 4. The van der Waals surface area contributed by atoms with Gasteiger partial charge in [-0.25, -0.2) is 9.97 Å².